The molecule has 2 N–H and O–H groups in total. The van der Waals surface area contributed by atoms with E-state index in [0.29, 0.717) is 13.2 Å². The van der Waals surface area contributed by atoms with E-state index in [9.17, 15) is 9.90 Å². The Bertz CT molecular complexity index is 498. The average Bonchev–Trinajstić information content (AvgIpc) is 2.50. The number of piperidine rings is 1. The maximum absolute atomic E-state index is 12.2. The van der Waals surface area contributed by atoms with Crippen LogP contribution in [-0.2, 0) is 4.79 Å². The molecule has 2 heterocycles. The van der Waals surface area contributed by atoms with Crippen LogP contribution >= 0.6 is 0 Å². The van der Waals surface area contributed by atoms with Crippen LogP contribution < -0.4 is 10.1 Å². The number of carbonyl (C=O) groups excluding carboxylic acids is 1. The van der Waals surface area contributed by atoms with Crippen molar-refractivity contribution in [1.29, 1.82) is 0 Å². The lowest BCUT2D eigenvalue weighted by Crippen LogP contribution is -2.44. The zero-order valence-electron chi connectivity index (χ0n) is 12.1. The van der Waals surface area contributed by atoms with Gasteiger partial charge in [-0.3, -0.25) is 9.69 Å². The molecule has 0 aliphatic carbocycles. The third-order valence-corrected chi connectivity index (χ3v) is 4.22. The maximum atomic E-state index is 12.2. The molecule has 3 rings (SSSR count). The molecule has 114 valence electrons. The number of nitrogens with one attached hydrogen (secondary N) is 1. The second-order valence-electron chi connectivity index (χ2n) is 5.80. The zero-order chi connectivity index (χ0) is 14.7. The lowest BCUT2D eigenvalue weighted by atomic mass is 10.0. The fourth-order valence-electron chi connectivity index (χ4n) is 3.01. The van der Waals surface area contributed by atoms with Crippen molar-refractivity contribution in [2.75, 3.05) is 26.2 Å². The van der Waals surface area contributed by atoms with Gasteiger partial charge in [0.15, 0.2) is 0 Å². The Balaban J connectivity index is 1.56. The van der Waals surface area contributed by atoms with Crippen LogP contribution in [0.1, 0.15) is 30.9 Å². The molecule has 1 amide bonds. The quantitative estimate of drug-likeness (QED) is 0.874. The van der Waals surface area contributed by atoms with Gasteiger partial charge in [0.25, 0.3) is 0 Å². The summed E-state index contributed by atoms with van der Waals surface area (Å²) in [7, 11) is 0. The summed E-state index contributed by atoms with van der Waals surface area (Å²) in [6.45, 7) is 2.63. The Morgan fingerprint density at radius 2 is 2.05 bits per heavy atom. The molecule has 0 bridgehead atoms. The summed E-state index contributed by atoms with van der Waals surface area (Å²) in [6, 6.07) is 7.91. The van der Waals surface area contributed by atoms with Crippen LogP contribution in [0, 0.1) is 0 Å². The van der Waals surface area contributed by atoms with Crippen LogP contribution in [0.2, 0.25) is 0 Å². The molecule has 0 aromatic heterocycles. The second-order valence-corrected chi connectivity index (χ2v) is 5.80. The molecule has 0 saturated carbocycles. The molecule has 1 saturated heterocycles. The molecule has 0 radical (unpaired) electrons. The highest BCUT2D eigenvalue weighted by atomic mass is 16.5. The van der Waals surface area contributed by atoms with Crippen molar-refractivity contribution in [1.82, 2.24) is 10.2 Å². The Morgan fingerprint density at radius 1 is 1.29 bits per heavy atom. The molecule has 5 nitrogen and oxygen atoms in total. The first-order valence-corrected chi connectivity index (χ1v) is 7.64. The molecule has 2 aliphatic heterocycles. The second kappa shape index (κ2) is 6.45. The van der Waals surface area contributed by atoms with Gasteiger partial charge < -0.3 is 15.2 Å². The van der Waals surface area contributed by atoms with E-state index in [1.807, 2.05) is 24.3 Å². The highest BCUT2D eigenvalue weighted by molar-refractivity contribution is 5.78. The monoisotopic (exact) mass is 290 g/mol. The topological polar surface area (TPSA) is 61.8 Å². The van der Waals surface area contributed by atoms with Gasteiger partial charge in [-0.25, -0.2) is 0 Å². The van der Waals surface area contributed by atoms with E-state index in [4.69, 9.17) is 4.74 Å². The van der Waals surface area contributed by atoms with Crippen molar-refractivity contribution in [2.45, 2.75) is 31.4 Å². The lowest BCUT2D eigenvalue weighted by molar-refractivity contribution is -0.123. The number of fused-ring (bicyclic) bond motifs is 1. The number of likely N-dealkylation sites (tertiary alicyclic amines) is 1. The number of ether oxygens (including phenoxy) is 1. The van der Waals surface area contributed by atoms with Gasteiger partial charge in [-0.15, -0.1) is 0 Å². The Labute approximate surface area is 124 Å². The van der Waals surface area contributed by atoms with Crippen molar-refractivity contribution in [3.05, 3.63) is 29.8 Å². The number of amides is 1. The smallest absolute Gasteiger partial charge is 0.234 e. The molecule has 2 aliphatic rings. The summed E-state index contributed by atoms with van der Waals surface area (Å²) in [5.41, 5.74) is 1.06. The first kappa shape index (κ1) is 14.4. The van der Waals surface area contributed by atoms with Crippen LogP contribution in [0.25, 0.3) is 0 Å². The third-order valence-electron chi connectivity index (χ3n) is 4.22. The summed E-state index contributed by atoms with van der Waals surface area (Å²) in [6.07, 6.45) is 2.12. The minimum absolute atomic E-state index is 0.0397. The van der Waals surface area contributed by atoms with Gasteiger partial charge in [0, 0.05) is 25.1 Å². The maximum Gasteiger partial charge on any atom is 0.234 e. The highest BCUT2D eigenvalue weighted by Gasteiger charge is 2.24. The molecule has 5 heteroatoms. The number of aliphatic hydroxyl groups excluding tert-OH is 1. The van der Waals surface area contributed by atoms with Gasteiger partial charge in [0.2, 0.25) is 5.91 Å². The number of benzene rings is 1. The fourth-order valence-corrected chi connectivity index (χ4v) is 3.01. The van der Waals surface area contributed by atoms with E-state index in [1.165, 1.54) is 0 Å². The van der Waals surface area contributed by atoms with Crippen molar-refractivity contribution < 1.29 is 14.6 Å². The fraction of sp³-hybridized carbons (Fsp3) is 0.562. The van der Waals surface area contributed by atoms with Crippen molar-refractivity contribution >= 4 is 5.91 Å². The van der Waals surface area contributed by atoms with Crippen LogP contribution in [0.15, 0.2) is 24.3 Å². The minimum Gasteiger partial charge on any atom is -0.493 e. The Hall–Kier alpha value is -1.59. The zero-order valence-corrected chi connectivity index (χ0v) is 12.1. The van der Waals surface area contributed by atoms with E-state index >= 15 is 0 Å². The summed E-state index contributed by atoms with van der Waals surface area (Å²) in [5.74, 6) is 0.920. The van der Waals surface area contributed by atoms with E-state index in [1.54, 1.807) is 0 Å². The number of nitrogens with zero attached hydrogens (tertiary/aromatic N) is 1. The highest BCUT2D eigenvalue weighted by Crippen LogP contribution is 2.31. The summed E-state index contributed by atoms with van der Waals surface area (Å²) < 4.78 is 5.61. The predicted octanol–water partition coefficient (Wildman–Crippen LogP) is 1.08. The normalized spacial score (nSPS) is 23.2. The molecule has 1 aromatic carbocycles. The van der Waals surface area contributed by atoms with E-state index in [-0.39, 0.29) is 18.1 Å². The van der Waals surface area contributed by atoms with Crippen LogP contribution in [0.5, 0.6) is 5.75 Å². The molecular formula is C16H22N2O3. The molecule has 0 spiro atoms. The first-order chi connectivity index (χ1) is 10.2. The predicted molar refractivity (Wildman–Crippen MR) is 79.1 cm³/mol. The van der Waals surface area contributed by atoms with Crippen LogP contribution in [0.3, 0.4) is 0 Å². The molecule has 1 unspecified atom stereocenters. The van der Waals surface area contributed by atoms with E-state index < -0.39 is 0 Å². The molecule has 1 atom stereocenters. The molecule has 21 heavy (non-hydrogen) atoms. The number of hydrogen-bond acceptors (Lipinski definition) is 4. The Kier molecular flexibility index (Phi) is 4.41. The van der Waals surface area contributed by atoms with Crippen molar-refractivity contribution in [2.24, 2.45) is 0 Å². The lowest BCUT2D eigenvalue weighted by Gasteiger charge is -2.30. The van der Waals surface area contributed by atoms with Crippen molar-refractivity contribution in [3.8, 4) is 5.75 Å². The average molecular weight is 290 g/mol. The SMILES string of the molecule is O=C(CN1CCC(O)CC1)NC1CCOc2ccccc21. The third kappa shape index (κ3) is 3.54. The Morgan fingerprint density at radius 3 is 2.86 bits per heavy atom. The largest absolute Gasteiger partial charge is 0.493 e. The standard InChI is InChI=1S/C16H22N2O3/c19-12-5-8-18(9-6-12)11-16(20)17-14-7-10-21-15-4-2-1-3-13(14)15/h1-4,12,14,19H,5-11H2,(H,17,20). The number of hydrogen-bond donors (Lipinski definition) is 2. The van der Waals surface area contributed by atoms with Crippen LogP contribution in [0.4, 0.5) is 0 Å². The van der Waals surface area contributed by atoms with E-state index in [2.05, 4.69) is 10.2 Å². The van der Waals surface area contributed by atoms with Crippen LogP contribution in [-0.4, -0.2) is 48.3 Å². The molecule has 1 fully saturated rings. The molecule has 1 aromatic rings. The summed E-state index contributed by atoms with van der Waals surface area (Å²) >= 11 is 0. The minimum atomic E-state index is -0.202. The van der Waals surface area contributed by atoms with Gasteiger partial charge in [-0.2, -0.15) is 0 Å². The molecular weight excluding hydrogens is 268 g/mol. The summed E-state index contributed by atoms with van der Waals surface area (Å²) in [5, 5.41) is 12.6. The van der Waals surface area contributed by atoms with E-state index in [0.717, 1.165) is 43.7 Å². The number of aliphatic hydroxyl groups is 1. The number of rotatable bonds is 3. The first-order valence-electron chi connectivity index (χ1n) is 7.64. The van der Waals surface area contributed by atoms with Gasteiger partial charge in [0.1, 0.15) is 5.75 Å². The van der Waals surface area contributed by atoms with Gasteiger partial charge >= 0.3 is 0 Å². The van der Waals surface area contributed by atoms with Crippen molar-refractivity contribution in [3.63, 3.8) is 0 Å². The van der Waals surface area contributed by atoms with Gasteiger partial charge in [-0.1, -0.05) is 18.2 Å². The number of carbonyl (C=O) groups is 1. The number of para-hydroxylation sites is 1. The summed E-state index contributed by atoms with van der Waals surface area (Å²) in [4.78, 5) is 14.3. The van der Waals surface area contributed by atoms with Gasteiger partial charge in [0.05, 0.1) is 25.3 Å². The van der Waals surface area contributed by atoms with Gasteiger partial charge in [-0.05, 0) is 18.9 Å².